The number of thiol groups is 1. The lowest BCUT2D eigenvalue weighted by molar-refractivity contribution is -0.0301. The molecule has 0 aromatic heterocycles. The first-order valence-corrected chi connectivity index (χ1v) is 8.86. The van der Waals surface area contributed by atoms with Crippen LogP contribution in [0.15, 0.2) is 0 Å². The topological polar surface area (TPSA) is 81.5 Å². The minimum absolute atomic E-state index is 0.0571. The quantitative estimate of drug-likeness (QED) is 0.272. The Bertz CT molecular complexity index is 519. The molecule has 4 rings (SSSR count). The monoisotopic (exact) mass is 410 g/mol. The molecule has 1 spiro atoms. The van der Waals surface area contributed by atoms with E-state index in [0.717, 1.165) is 6.42 Å². The number of nitrogens with two attached hydrogens (primary N) is 2. The number of rotatable bonds is 0. The largest absolute Gasteiger partial charge is 0.387 e. The van der Waals surface area contributed by atoms with E-state index in [9.17, 15) is 5.11 Å². The minimum atomic E-state index is -0.798. The normalized spacial score (nSPS) is 74.4. The predicted molar refractivity (Wildman–Crippen MR) is 88.8 cm³/mol. The van der Waals surface area contributed by atoms with E-state index in [1.165, 1.54) is 0 Å². The summed E-state index contributed by atoms with van der Waals surface area (Å²) in [6.07, 6.45) is 0.884. The van der Waals surface area contributed by atoms with Gasteiger partial charge in [0.15, 0.2) is 0 Å². The molecule has 4 aliphatic rings. The molecule has 1 heterocycles. The molecular weight excluding hydrogens is 387 g/mol. The third-order valence-corrected chi connectivity index (χ3v) is 10.3. The van der Waals surface area contributed by atoms with Crippen LogP contribution in [0.2, 0.25) is 0 Å². The number of ether oxygens (including phenoxy) is 1. The predicted octanol–water partition coefficient (Wildman–Crippen LogP) is 0.898. The summed E-state index contributed by atoms with van der Waals surface area (Å²) in [7, 11) is 0. The maximum atomic E-state index is 11.6. The molecule has 2 unspecified atom stereocenters. The Balaban J connectivity index is 2.03. The number of alkyl halides is 1. The molecule has 0 radical (unpaired) electrons. The second-order valence-corrected chi connectivity index (χ2v) is 10.5. The van der Waals surface area contributed by atoms with Gasteiger partial charge in [-0.25, -0.2) is 0 Å². The molecule has 3 saturated carbocycles. The second kappa shape index (κ2) is 3.38. The first-order valence-electron chi connectivity index (χ1n) is 7.34. The van der Waals surface area contributed by atoms with Gasteiger partial charge in [0.2, 0.25) is 0 Å². The van der Waals surface area contributed by atoms with Crippen LogP contribution in [0.4, 0.5) is 0 Å². The molecule has 4 nitrogen and oxygen atoms in total. The van der Waals surface area contributed by atoms with Crippen molar-refractivity contribution in [3.63, 3.8) is 0 Å². The van der Waals surface area contributed by atoms with Crippen molar-refractivity contribution in [1.29, 1.82) is 0 Å². The van der Waals surface area contributed by atoms with Crippen LogP contribution in [-0.4, -0.2) is 37.8 Å². The maximum Gasteiger partial charge on any atom is 0.129 e. The fourth-order valence-electron chi connectivity index (χ4n) is 6.51. The van der Waals surface area contributed by atoms with E-state index in [-0.39, 0.29) is 21.4 Å². The molecule has 0 amide bonds. The van der Waals surface area contributed by atoms with Gasteiger partial charge in [0, 0.05) is 23.4 Å². The van der Waals surface area contributed by atoms with Gasteiger partial charge in [-0.1, -0.05) is 36.4 Å². The number of aliphatic hydroxyl groups is 1. The number of hydrogen-bond acceptors (Lipinski definition) is 5. The zero-order valence-corrected chi connectivity index (χ0v) is 15.1. The first-order chi connectivity index (χ1) is 9.05. The minimum Gasteiger partial charge on any atom is -0.387 e. The zero-order chi connectivity index (χ0) is 14.9. The van der Waals surface area contributed by atoms with E-state index in [2.05, 4.69) is 43.4 Å². The molecular formula is C14H23IN2O2S. The van der Waals surface area contributed by atoms with Gasteiger partial charge in [-0.05, 0) is 19.3 Å². The Labute approximate surface area is 138 Å². The molecule has 0 aromatic carbocycles. The van der Waals surface area contributed by atoms with Crippen molar-refractivity contribution in [2.24, 2.45) is 34.1 Å². The second-order valence-electron chi connectivity index (χ2n) is 7.69. The van der Waals surface area contributed by atoms with Crippen molar-refractivity contribution >= 4 is 35.2 Å². The van der Waals surface area contributed by atoms with Gasteiger partial charge in [0.1, 0.15) is 4.93 Å². The summed E-state index contributed by atoms with van der Waals surface area (Å²) in [5, 5.41) is 11.6. The molecule has 3 aliphatic carbocycles. The highest BCUT2D eigenvalue weighted by atomic mass is 127. The van der Waals surface area contributed by atoms with Crippen LogP contribution in [0.3, 0.4) is 0 Å². The molecule has 114 valence electrons. The van der Waals surface area contributed by atoms with Crippen molar-refractivity contribution in [1.82, 2.24) is 0 Å². The Morgan fingerprint density at radius 3 is 2.50 bits per heavy atom. The Kier molecular flexibility index (Phi) is 2.45. The molecule has 1 aliphatic heterocycles. The van der Waals surface area contributed by atoms with Crippen molar-refractivity contribution in [3.05, 3.63) is 0 Å². The van der Waals surface area contributed by atoms with E-state index >= 15 is 0 Å². The fourth-order valence-corrected chi connectivity index (χ4v) is 9.19. The summed E-state index contributed by atoms with van der Waals surface area (Å²) in [5.41, 5.74) is 11.4. The van der Waals surface area contributed by atoms with E-state index in [4.69, 9.17) is 28.8 Å². The van der Waals surface area contributed by atoms with Crippen LogP contribution in [0.25, 0.3) is 0 Å². The lowest BCUT2D eigenvalue weighted by atomic mass is 9.65. The third kappa shape index (κ3) is 0.905. The average Bonchev–Trinajstić information content (AvgIpc) is 2.66. The molecule has 5 N–H and O–H groups in total. The van der Waals surface area contributed by atoms with Crippen LogP contribution in [0.1, 0.15) is 27.2 Å². The highest BCUT2D eigenvalue weighted by Gasteiger charge is 3.02. The van der Waals surface area contributed by atoms with E-state index in [0.29, 0.717) is 12.5 Å². The lowest BCUT2D eigenvalue weighted by Crippen LogP contribution is -2.62. The van der Waals surface area contributed by atoms with Crippen LogP contribution >= 0.6 is 35.2 Å². The highest BCUT2D eigenvalue weighted by molar-refractivity contribution is 14.1. The number of halogens is 1. The van der Waals surface area contributed by atoms with Gasteiger partial charge in [0.05, 0.1) is 21.0 Å². The molecule has 4 fully saturated rings. The summed E-state index contributed by atoms with van der Waals surface area (Å²) < 4.78 is 5.90. The molecule has 9 atom stereocenters. The van der Waals surface area contributed by atoms with Gasteiger partial charge in [-0.2, -0.15) is 0 Å². The van der Waals surface area contributed by atoms with Gasteiger partial charge >= 0.3 is 0 Å². The summed E-state index contributed by atoms with van der Waals surface area (Å²) >= 11 is 7.39. The molecule has 0 aromatic rings. The first kappa shape index (κ1) is 14.5. The summed E-state index contributed by atoms with van der Waals surface area (Å²) in [5.74, 6) is 0.402. The van der Waals surface area contributed by atoms with Crippen molar-refractivity contribution in [2.45, 2.75) is 53.2 Å². The zero-order valence-electron chi connectivity index (χ0n) is 12.1. The Morgan fingerprint density at radius 1 is 1.30 bits per heavy atom. The molecule has 0 bridgehead atoms. The highest BCUT2D eigenvalue weighted by Crippen LogP contribution is 2.92. The van der Waals surface area contributed by atoms with Crippen molar-refractivity contribution < 1.29 is 9.84 Å². The standard InChI is InChI=1S/C14H23IN2O2S/c1-6-4-7(16)12-8(17)5-19-14(12,20)10(2)11(3,15)13(10,18)9(6)12/h6-9,18,20H,4-5,16-17H2,1-3H3/t6-,7+,8-,9?,10-,11+,12?,13+,14-/m0/s1. The third-order valence-electron chi connectivity index (χ3n) is 7.48. The van der Waals surface area contributed by atoms with Crippen LogP contribution < -0.4 is 11.5 Å². The molecule has 1 saturated heterocycles. The van der Waals surface area contributed by atoms with E-state index in [1.54, 1.807) is 0 Å². The maximum absolute atomic E-state index is 11.6. The van der Waals surface area contributed by atoms with Crippen LogP contribution in [0.5, 0.6) is 0 Å². The van der Waals surface area contributed by atoms with Gasteiger partial charge in [0.25, 0.3) is 0 Å². The average molecular weight is 410 g/mol. The SMILES string of the molecule is C[C@H]1C[C@@H](N)C23C1[C@]1(O)[C@](C)(I)[C@]1(C)[C@@]2(S)OC[C@@H]3N. The van der Waals surface area contributed by atoms with Crippen molar-refractivity contribution in [3.8, 4) is 0 Å². The van der Waals surface area contributed by atoms with Crippen molar-refractivity contribution in [2.75, 3.05) is 6.61 Å². The lowest BCUT2D eigenvalue weighted by Gasteiger charge is -2.48. The summed E-state index contributed by atoms with van der Waals surface area (Å²) in [6, 6.07) is -0.204. The van der Waals surface area contributed by atoms with E-state index in [1.807, 2.05) is 0 Å². The summed E-state index contributed by atoms with van der Waals surface area (Å²) in [6.45, 7) is 6.88. The fraction of sp³-hybridized carbons (Fsp3) is 1.00. The number of fused-ring (bicyclic) bond motifs is 3. The number of hydrogen-bond donors (Lipinski definition) is 4. The van der Waals surface area contributed by atoms with Gasteiger partial charge in [-0.15, -0.1) is 12.6 Å². The summed E-state index contributed by atoms with van der Waals surface area (Å²) in [4.78, 5) is -0.737. The molecule has 6 heteroatoms. The van der Waals surface area contributed by atoms with Gasteiger partial charge in [-0.3, -0.25) is 0 Å². The van der Waals surface area contributed by atoms with E-state index < -0.39 is 21.4 Å². The molecule has 20 heavy (non-hydrogen) atoms. The van der Waals surface area contributed by atoms with Gasteiger partial charge < -0.3 is 21.3 Å². The Morgan fingerprint density at radius 2 is 1.90 bits per heavy atom. The Hall–Kier alpha value is 0.920. The van der Waals surface area contributed by atoms with Crippen LogP contribution in [-0.2, 0) is 4.74 Å². The van der Waals surface area contributed by atoms with Crippen LogP contribution in [0, 0.1) is 22.7 Å². The smallest absolute Gasteiger partial charge is 0.129 e.